The van der Waals surface area contributed by atoms with Crippen molar-refractivity contribution in [3.8, 4) is 0 Å². The Kier molecular flexibility index (Phi) is 3.26. The predicted molar refractivity (Wildman–Crippen MR) is 62.9 cm³/mol. The maximum atomic E-state index is 11.6. The molecule has 92 valence electrons. The molecule has 1 unspecified atom stereocenters. The molecule has 0 saturated heterocycles. The minimum atomic E-state index is -0.523. The van der Waals surface area contributed by atoms with Crippen LogP contribution in [0.2, 0.25) is 0 Å². The van der Waals surface area contributed by atoms with Gasteiger partial charge in [0.1, 0.15) is 5.78 Å². The number of ketones is 1. The molecular weight excluding hydrogens is 220 g/mol. The zero-order valence-electron chi connectivity index (χ0n) is 9.89. The highest BCUT2D eigenvalue weighted by Crippen LogP contribution is 2.24. The van der Waals surface area contributed by atoms with E-state index < -0.39 is 11.1 Å². The number of Topliss-reactive ketones (excluding diaryl/α,β-unsaturated/α-hetero) is 1. The van der Waals surface area contributed by atoms with Gasteiger partial charge in [0.2, 0.25) is 0 Å². The Bertz CT molecular complexity index is 541. The van der Waals surface area contributed by atoms with Crippen LogP contribution in [0.4, 0.5) is 0 Å². The number of carbonyl (C=O) groups is 1. The van der Waals surface area contributed by atoms with Crippen molar-refractivity contribution in [1.82, 2.24) is 9.13 Å². The SMILES string of the molecule is Cn1ccn(CCC2CCCC2=O)c(=O)c1=O. The lowest BCUT2D eigenvalue weighted by Gasteiger charge is -2.09. The number of aromatic nitrogens is 2. The molecule has 0 aliphatic heterocycles. The highest BCUT2D eigenvalue weighted by Gasteiger charge is 2.23. The van der Waals surface area contributed by atoms with Gasteiger partial charge in [0.05, 0.1) is 0 Å². The van der Waals surface area contributed by atoms with Gasteiger partial charge >= 0.3 is 11.1 Å². The zero-order chi connectivity index (χ0) is 12.4. The summed E-state index contributed by atoms with van der Waals surface area (Å²) in [6.45, 7) is 0.450. The van der Waals surface area contributed by atoms with E-state index in [2.05, 4.69) is 0 Å². The summed E-state index contributed by atoms with van der Waals surface area (Å²) in [4.78, 5) is 34.5. The summed E-state index contributed by atoms with van der Waals surface area (Å²) in [5, 5.41) is 0. The average Bonchev–Trinajstić information content (AvgIpc) is 2.71. The second kappa shape index (κ2) is 4.69. The standard InChI is InChI=1S/C12H16N2O3/c1-13-7-8-14(12(17)11(13)16)6-5-9-3-2-4-10(9)15/h7-9H,2-6H2,1H3. The molecule has 1 saturated carbocycles. The van der Waals surface area contributed by atoms with E-state index in [1.54, 1.807) is 19.4 Å². The highest BCUT2D eigenvalue weighted by molar-refractivity contribution is 5.82. The van der Waals surface area contributed by atoms with Crippen molar-refractivity contribution < 1.29 is 4.79 Å². The molecule has 1 heterocycles. The number of hydrogen-bond donors (Lipinski definition) is 0. The van der Waals surface area contributed by atoms with Crippen molar-refractivity contribution in [3.05, 3.63) is 33.1 Å². The third kappa shape index (κ3) is 2.38. The molecule has 1 aliphatic rings. The third-order valence-corrected chi connectivity index (χ3v) is 3.38. The molecule has 17 heavy (non-hydrogen) atoms. The third-order valence-electron chi connectivity index (χ3n) is 3.38. The lowest BCUT2D eigenvalue weighted by molar-refractivity contribution is -0.120. The van der Waals surface area contributed by atoms with E-state index in [9.17, 15) is 14.4 Å². The van der Waals surface area contributed by atoms with Crippen molar-refractivity contribution in [1.29, 1.82) is 0 Å². The van der Waals surface area contributed by atoms with E-state index >= 15 is 0 Å². The first-order valence-corrected chi connectivity index (χ1v) is 5.88. The quantitative estimate of drug-likeness (QED) is 0.709. The van der Waals surface area contributed by atoms with E-state index in [0.29, 0.717) is 25.2 Å². The van der Waals surface area contributed by atoms with Crippen LogP contribution in [0.1, 0.15) is 25.7 Å². The number of rotatable bonds is 3. The minimum Gasteiger partial charge on any atom is -0.312 e. The van der Waals surface area contributed by atoms with Gasteiger partial charge < -0.3 is 9.13 Å². The van der Waals surface area contributed by atoms with Crippen LogP contribution in [0, 0.1) is 5.92 Å². The molecule has 5 nitrogen and oxygen atoms in total. The summed E-state index contributed by atoms with van der Waals surface area (Å²) in [6, 6.07) is 0. The van der Waals surface area contributed by atoms with Crippen LogP contribution >= 0.6 is 0 Å². The smallest absolute Gasteiger partial charge is 0.312 e. The van der Waals surface area contributed by atoms with Crippen LogP contribution in [-0.2, 0) is 18.4 Å². The van der Waals surface area contributed by atoms with E-state index in [-0.39, 0.29) is 5.92 Å². The number of aryl methyl sites for hydroxylation is 2. The van der Waals surface area contributed by atoms with E-state index in [4.69, 9.17) is 0 Å². The van der Waals surface area contributed by atoms with Crippen molar-refractivity contribution in [2.24, 2.45) is 13.0 Å². The lowest BCUT2D eigenvalue weighted by atomic mass is 10.0. The first kappa shape index (κ1) is 11.8. The molecule has 0 amide bonds. The van der Waals surface area contributed by atoms with Crippen molar-refractivity contribution in [2.45, 2.75) is 32.2 Å². The fourth-order valence-corrected chi connectivity index (χ4v) is 2.25. The van der Waals surface area contributed by atoms with Crippen LogP contribution in [0.25, 0.3) is 0 Å². The summed E-state index contributed by atoms with van der Waals surface area (Å²) in [7, 11) is 1.55. The maximum absolute atomic E-state index is 11.6. The Morgan fingerprint density at radius 1 is 1.24 bits per heavy atom. The molecule has 1 aromatic rings. The predicted octanol–water partition coefficient (Wildman–Crippen LogP) is 0.306. The van der Waals surface area contributed by atoms with Crippen LogP contribution in [0.15, 0.2) is 22.0 Å². The molecule has 1 aromatic heterocycles. The monoisotopic (exact) mass is 236 g/mol. The van der Waals surface area contributed by atoms with Crippen molar-refractivity contribution >= 4 is 5.78 Å². The molecule has 1 aliphatic carbocycles. The Morgan fingerprint density at radius 2 is 2.00 bits per heavy atom. The molecule has 0 spiro atoms. The maximum Gasteiger partial charge on any atom is 0.316 e. The summed E-state index contributed by atoms with van der Waals surface area (Å²) in [5.74, 6) is 0.368. The molecule has 0 N–H and O–H groups in total. The van der Waals surface area contributed by atoms with Gasteiger partial charge in [-0.1, -0.05) is 0 Å². The summed E-state index contributed by atoms with van der Waals surface area (Å²) < 4.78 is 2.66. The number of nitrogens with zero attached hydrogens (tertiary/aromatic N) is 2. The van der Waals surface area contributed by atoms with Gasteiger partial charge in [0.15, 0.2) is 0 Å². The second-order valence-electron chi connectivity index (χ2n) is 4.56. The van der Waals surface area contributed by atoms with Gasteiger partial charge in [-0.3, -0.25) is 14.4 Å². The van der Waals surface area contributed by atoms with Crippen LogP contribution in [0.5, 0.6) is 0 Å². The molecule has 5 heteroatoms. The lowest BCUT2D eigenvalue weighted by Crippen LogP contribution is -2.39. The van der Waals surface area contributed by atoms with Crippen LogP contribution in [0.3, 0.4) is 0 Å². The fourth-order valence-electron chi connectivity index (χ4n) is 2.25. The van der Waals surface area contributed by atoms with Gasteiger partial charge in [-0.05, 0) is 19.3 Å². The van der Waals surface area contributed by atoms with Gasteiger partial charge in [-0.25, -0.2) is 0 Å². The van der Waals surface area contributed by atoms with Gasteiger partial charge in [-0.2, -0.15) is 0 Å². The van der Waals surface area contributed by atoms with E-state index in [1.807, 2.05) is 0 Å². The van der Waals surface area contributed by atoms with Crippen molar-refractivity contribution in [3.63, 3.8) is 0 Å². The first-order chi connectivity index (χ1) is 8.09. The topological polar surface area (TPSA) is 61.1 Å². The highest BCUT2D eigenvalue weighted by atomic mass is 16.2. The Morgan fingerprint density at radius 3 is 2.65 bits per heavy atom. The second-order valence-corrected chi connectivity index (χ2v) is 4.56. The number of carbonyl (C=O) groups excluding carboxylic acids is 1. The van der Waals surface area contributed by atoms with Crippen molar-refractivity contribution in [2.75, 3.05) is 0 Å². The average molecular weight is 236 g/mol. The van der Waals surface area contributed by atoms with Crippen LogP contribution < -0.4 is 11.1 Å². The van der Waals surface area contributed by atoms with E-state index in [1.165, 1.54) is 9.13 Å². The first-order valence-electron chi connectivity index (χ1n) is 5.88. The molecule has 0 aromatic carbocycles. The fraction of sp³-hybridized carbons (Fsp3) is 0.583. The largest absolute Gasteiger partial charge is 0.316 e. The zero-order valence-corrected chi connectivity index (χ0v) is 9.89. The molecule has 1 fully saturated rings. The van der Waals surface area contributed by atoms with Gasteiger partial charge in [0, 0.05) is 38.3 Å². The summed E-state index contributed by atoms with van der Waals surface area (Å²) >= 11 is 0. The molecule has 1 atom stereocenters. The number of hydrogen-bond acceptors (Lipinski definition) is 3. The Hall–Kier alpha value is -1.65. The Balaban J connectivity index is 2.10. The molecule has 0 radical (unpaired) electrons. The molecular formula is C12H16N2O3. The summed E-state index contributed by atoms with van der Waals surface area (Å²) in [6.07, 6.45) is 6.36. The Labute approximate surface area is 98.7 Å². The molecule has 0 bridgehead atoms. The van der Waals surface area contributed by atoms with Crippen LogP contribution in [-0.4, -0.2) is 14.9 Å². The minimum absolute atomic E-state index is 0.0750. The summed E-state index contributed by atoms with van der Waals surface area (Å²) in [5.41, 5.74) is -1.04. The van der Waals surface area contributed by atoms with E-state index in [0.717, 1.165) is 12.8 Å². The molecule has 2 rings (SSSR count). The van der Waals surface area contributed by atoms with Gasteiger partial charge in [0.25, 0.3) is 0 Å². The normalized spacial score (nSPS) is 19.8. The van der Waals surface area contributed by atoms with Gasteiger partial charge in [-0.15, -0.1) is 0 Å².